The third-order valence-corrected chi connectivity index (χ3v) is 2.86. The van der Waals surface area contributed by atoms with Gasteiger partial charge in [-0.15, -0.1) is 0 Å². The molecule has 0 bridgehead atoms. The van der Waals surface area contributed by atoms with E-state index >= 15 is 0 Å². The molecule has 0 aliphatic rings. The SMILES string of the molecule is COCCN(CCC(=O)OC)C(=O)CCSC. The van der Waals surface area contributed by atoms with Crippen LogP contribution in [0.4, 0.5) is 0 Å². The van der Waals surface area contributed by atoms with Crippen LogP contribution in [-0.2, 0) is 19.1 Å². The lowest BCUT2D eigenvalue weighted by Crippen LogP contribution is -2.36. The van der Waals surface area contributed by atoms with Crippen molar-refractivity contribution in [1.29, 1.82) is 0 Å². The number of thioether (sulfide) groups is 1. The number of amides is 1. The van der Waals surface area contributed by atoms with E-state index in [-0.39, 0.29) is 18.3 Å². The summed E-state index contributed by atoms with van der Waals surface area (Å²) in [6.07, 6.45) is 2.68. The van der Waals surface area contributed by atoms with Crippen molar-refractivity contribution in [1.82, 2.24) is 4.90 Å². The number of ether oxygens (including phenoxy) is 2. The molecule has 0 rings (SSSR count). The number of hydrogen-bond donors (Lipinski definition) is 0. The highest BCUT2D eigenvalue weighted by Crippen LogP contribution is 2.02. The molecule has 0 spiro atoms. The van der Waals surface area contributed by atoms with Gasteiger partial charge < -0.3 is 14.4 Å². The fraction of sp³-hybridized carbons (Fsp3) is 0.818. The van der Waals surface area contributed by atoms with E-state index < -0.39 is 0 Å². The molecule has 5 nitrogen and oxygen atoms in total. The third-order valence-electron chi connectivity index (χ3n) is 2.25. The van der Waals surface area contributed by atoms with Gasteiger partial charge in [0.15, 0.2) is 0 Å². The molecule has 17 heavy (non-hydrogen) atoms. The Bertz CT molecular complexity index is 236. The van der Waals surface area contributed by atoms with Gasteiger partial charge in [-0.3, -0.25) is 9.59 Å². The zero-order valence-corrected chi connectivity index (χ0v) is 11.5. The fourth-order valence-corrected chi connectivity index (χ4v) is 1.62. The van der Waals surface area contributed by atoms with Crippen LogP contribution in [0.25, 0.3) is 0 Å². The van der Waals surface area contributed by atoms with Crippen LogP contribution in [-0.4, -0.2) is 62.7 Å². The van der Waals surface area contributed by atoms with E-state index in [9.17, 15) is 9.59 Å². The van der Waals surface area contributed by atoms with Crippen molar-refractivity contribution < 1.29 is 19.1 Å². The summed E-state index contributed by atoms with van der Waals surface area (Å²) in [6, 6.07) is 0. The molecule has 0 aromatic carbocycles. The zero-order valence-electron chi connectivity index (χ0n) is 10.7. The molecule has 1 amide bonds. The van der Waals surface area contributed by atoms with Gasteiger partial charge in [0.05, 0.1) is 20.1 Å². The van der Waals surface area contributed by atoms with Crippen molar-refractivity contribution in [3.05, 3.63) is 0 Å². The molecule has 0 saturated heterocycles. The topological polar surface area (TPSA) is 55.8 Å². The molecule has 0 aromatic heterocycles. The smallest absolute Gasteiger partial charge is 0.307 e. The molecule has 0 unspecified atom stereocenters. The Hall–Kier alpha value is -0.750. The van der Waals surface area contributed by atoms with Gasteiger partial charge in [0, 0.05) is 32.4 Å². The molecule has 0 aliphatic carbocycles. The number of nitrogens with zero attached hydrogens (tertiary/aromatic N) is 1. The summed E-state index contributed by atoms with van der Waals surface area (Å²) >= 11 is 1.63. The molecule has 6 heteroatoms. The number of esters is 1. The molecule has 0 aromatic rings. The van der Waals surface area contributed by atoms with Crippen molar-refractivity contribution >= 4 is 23.6 Å². The van der Waals surface area contributed by atoms with Crippen molar-refractivity contribution in [2.45, 2.75) is 12.8 Å². The maximum absolute atomic E-state index is 11.8. The van der Waals surface area contributed by atoms with Crippen LogP contribution in [0.5, 0.6) is 0 Å². The number of carbonyl (C=O) groups excluding carboxylic acids is 2. The summed E-state index contributed by atoms with van der Waals surface area (Å²) in [4.78, 5) is 24.5. The Kier molecular flexibility index (Phi) is 9.95. The normalized spacial score (nSPS) is 10.1. The Labute approximate surface area is 107 Å². The summed E-state index contributed by atoms with van der Waals surface area (Å²) in [7, 11) is 2.93. The van der Waals surface area contributed by atoms with Crippen molar-refractivity contribution in [2.24, 2.45) is 0 Å². The lowest BCUT2D eigenvalue weighted by Gasteiger charge is -2.21. The predicted molar refractivity (Wildman–Crippen MR) is 68.1 cm³/mol. The minimum atomic E-state index is -0.301. The highest BCUT2D eigenvalue weighted by Gasteiger charge is 2.14. The highest BCUT2D eigenvalue weighted by molar-refractivity contribution is 7.98. The number of hydrogen-bond acceptors (Lipinski definition) is 5. The fourth-order valence-electron chi connectivity index (χ4n) is 1.24. The summed E-state index contributed by atoms with van der Waals surface area (Å²) in [5.74, 6) is 0.547. The van der Waals surface area contributed by atoms with E-state index in [0.29, 0.717) is 26.1 Å². The molecule has 0 N–H and O–H groups in total. The summed E-state index contributed by atoms with van der Waals surface area (Å²) in [6.45, 7) is 1.39. The summed E-state index contributed by atoms with van der Waals surface area (Å²) < 4.78 is 9.50. The molecule has 0 radical (unpaired) electrons. The van der Waals surface area contributed by atoms with Gasteiger partial charge in [-0.05, 0) is 6.26 Å². The molecule has 0 saturated carbocycles. The average molecular weight is 263 g/mol. The van der Waals surface area contributed by atoms with E-state index in [4.69, 9.17) is 4.74 Å². The lowest BCUT2D eigenvalue weighted by atomic mass is 10.3. The first kappa shape index (κ1) is 16.2. The quantitative estimate of drug-likeness (QED) is 0.575. The maximum Gasteiger partial charge on any atom is 0.307 e. The largest absolute Gasteiger partial charge is 0.469 e. The molecule has 100 valence electrons. The monoisotopic (exact) mass is 263 g/mol. The molecular formula is C11H21NO4S. The van der Waals surface area contributed by atoms with E-state index in [1.54, 1.807) is 23.8 Å². The number of carbonyl (C=O) groups is 2. The van der Waals surface area contributed by atoms with E-state index in [0.717, 1.165) is 5.75 Å². The third kappa shape index (κ3) is 8.04. The average Bonchev–Trinajstić information content (AvgIpc) is 2.35. The predicted octanol–water partition coefficient (Wildman–Crippen LogP) is 0.778. The van der Waals surface area contributed by atoms with Gasteiger partial charge in [-0.2, -0.15) is 11.8 Å². The van der Waals surface area contributed by atoms with E-state index in [1.807, 2.05) is 6.26 Å². The summed E-state index contributed by atoms with van der Waals surface area (Å²) in [5, 5.41) is 0. The van der Waals surface area contributed by atoms with Gasteiger partial charge in [0.1, 0.15) is 0 Å². The van der Waals surface area contributed by atoms with Crippen LogP contribution in [0.3, 0.4) is 0 Å². The molecule has 0 atom stereocenters. The standard InChI is InChI=1S/C11H21NO4S/c1-15-8-7-12(6-4-11(14)16-2)10(13)5-9-17-3/h4-9H2,1-3H3. The van der Waals surface area contributed by atoms with Crippen molar-refractivity contribution in [3.8, 4) is 0 Å². The van der Waals surface area contributed by atoms with Crippen molar-refractivity contribution in [3.63, 3.8) is 0 Å². The Balaban J connectivity index is 4.11. The zero-order chi connectivity index (χ0) is 13.1. The molecule has 0 aliphatic heterocycles. The maximum atomic E-state index is 11.8. The van der Waals surface area contributed by atoms with Gasteiger partial charge in [0.2, 0.25) is 5.91 Å². The van der Waals surface area contributed by atoms with Crippen molar-refractivity contribution in [2.75, 3.05) is 45.9 Å². The lowest BCUT2D eigenvalue weighted by molar-refractivity contribution is -0.141. The van der Waals surface area contributed by atoms with Crippen LogP contribution in [0.2, 0.25) is 0 Å². The van der Waals surface area contributed by atoms with Gasteiger partial charge in [0.25, 0.3) is 0 Å². The minimum Gasteiger partial charge on any atom is -0.469 e. The Morgan fingerprint density at radius 3 is 2.41 bits per heavy atom. The second kappa shape index (κ2) is 10.4. The highest BCUT2D eigenvalue weighted by atomic mass is 32.2. The van der Waals surface area contributed by atoms with E-state index in [2.05, 4.69) is 4.74 Å². The van der Waals surface area contributed by atoms with Crippen LogP contribution in [0.15, 0.2) is 0 Å². The first-order valence-corrected chi connectivity index (χ1v) is 6.87. The first-order chi connectivity index (χ1) is 8.15. The molecular weight excluding hydrogens is 242 g/mol. The first-order valence-electron chi connectivity index (χ1n) is 5.48. The van der Waals surface area contributed by atoms with Gasteiger partial charge >= 0.3 is 5.97 Å². The van der Waals surface area contributed by atoms with Gasteiger partial charge in [-0.1, -0.05) is 0 Å². The second-order valence-corrected chi connectivity index (χ2v) is 4.43. The summed E-state index contributed by atoms with van der Waals surface area (Å²) in [5.41, 5.74) is 0. The second-order valence-electron chi connectivity index (χ2n) is 3.44. The Morgan fingerprint density at radius 1 is 1.18 bits per heavy atom. The molecule has 0 fully saturated rings. The van der Waals surface area contributed by atoms with Crippen LogP contribution >= 0.6 is 11.8 Å². The van der Waals surface area contributed by atoms with Crippen LogP contribution in [0.1, 0.15) is 12.8 Å². The van der Waals surface area contributed by atoms with Gasteiger partial charge in [-0.25, -0.2) is 0 Å². The number of methoxy groups -OCH3 is 2. The molecule has 0 heterocycles. The Morgan fingerprint density at radius 2 is 1.88 bits per heavy atom. The van der Waals surface area contributed by atoms with Crippen LogP contribution < -0.4 is 0 Å². The number of rotatable bonds is 9. The van der Waals surface area contributed by atoms with Crippen LogP contribution in [0, 0.1) is 0 Å². The minimum absolute atomic E-state index is 0.0558. The van der Waals surface area contributed by atoms with E-state index in [1.165, 1.54) is 7.11 Å².